The van der Waals surface area contributed by atoms with Gasteiger partial charge in [0, 0.05) is 17.6 Å². The van der Waals surface area contributed by atoms with Gasteiger partial charge in [0.1, 0.15) is 0 Å². The van der Waals surface area contributed by atoms with Crippen LogP contribution in [0.4, 0.5) is 0 Å². The highest BCUT2D eigenvalue weighted by molar-refractivity contribution is 5.71. The summed E-state index contributed by atoms with van der Waals surface area (Å²) in [7, 11) is 0. The maximum Gasteiger partial charge on any atom is 0.0319 e. The molecule has 0 aromatic heterocycles. The smallest absolute Gasteiger partial charge is 0.0319 e. The third-order valence-corrected chi connectivity index (χ3v) is 4.81. The lowest BCUT2D eigenvalue weighted by atomic mass is 9.86. The van der Waals surface area contributed by atoms with E-state index in [1.807, 2.05) is 0 Å². The van der Waals surface area contributed by atoms with Crippen LogP contribution < -0.4 is 0 Å². The van der Waals surface area contributed by atoms with Crippen molar-refractivity contribution in [3.05, 3.63) is 41.5 Å². The summed E-state index contributed by atoms with van der Waals surface area (Å²) in [5, 5.41) is 0. The number of fused-ring (bicyclic) bond motifs is 2. The second-order valence-corrected chi connectivity index (χ2v) is 7.06. The van der Waals surface area contributed by atoms with Crippen LogP contribution in [0.2, 0.25) is 0 Å². The zero-order chi connectivity index (χ0) is 13.6. The fraction of sp³-hybridized carbons (Fsp3) is 0.556. The van der Waals surface area contributed by atoms with E-state index < -0.39 is 0 Å². The molecule has 1 unspecified atom stereocenters. The average Bonchev–Trinajstić information content (AvgIpc) is 2.73. The first kappa shape index (κ1) is 12.9. The monoisotopic (exact) mass is 255 g/mol. The molecule has 0 saturated carbocycles. The summed E-state index contributed by atoms with van der Waals surface area (Å²) < 4.78 is 0. The molecule has 1 nitrogen and oxygen atoms in total. The molecule has 0 radical (unpaired) electrons. The highest BCUT2D eigenvalue weighted by atomic mass is 15.3. The van der Waals surface area contributed by atoms with E-state index in [-0.39, 0.29) is 5.54 Å². The molecule has 0 N–H and O–H groups in total. The van der Waals surface area contributed by atoms with Gasteiger partial charge >= 0.3 is 0 Å². The van der Waals surface area contributed by atoms with Gasteiger partial charge in [-0.2, -0.15) is 0 Å². The molecule has 2 bridgehead atoms. The normalized spacial score (nSPS) is 28.0. The van der Waals surface area contributed by atoms with Gasteiger partial charge in [0.05, 0.1) is 0 Å². The Morgan fingerprint density at radius 3 is 2.37 bits per heavy atom. The molecule has 1 aromatic carbocycles. The van der Waals surface area contributed by atoms with E-state index in [2.05, 4.69) is 62.9 Å². The Balaban J connectivity index is 2.00. The minimum absolute atomic E-state index is 0.287. The van der Waals surface area contributed by atoms with Crippen molar-refractivity contribution < 1.29 is 0 Å². The fourth-order valence-electron chi connectivity index (χ4n) is 4.11. The largest absolute Gasteiger partial charge is 0.289 e. The maximum atomic E-state index is 2.76. The van der Waals surface area contributed by atoms with Crippen LogP contribution in [-0.2, 0) is 0 Å². The highest BCUT2D eigenvalue weighted by Gasteiger charge is 2.44. The van der Waals surface area contributed by atoms with Gasteiger partial charge in [0.25, 0.3) is 0 Å². The van der Waals surface area contributed by atoms with Crippen LogP contribution in [0, 0.1) is 0 Å². The Bertz CT molecular complexity index is 492. The lowest BCUT2D eigenvalue weighted by molar-refractivity contribution is 0.0857. The Hall–Kier alpha value is -1.08. The molecule has 1 heteroatoms. The summed E-state index contributed by atoms with van der Waals surface area (Å²) >= 11 is 0. The number of hydrogen-bond acceptors (Lipinski definition) is 1. The average molecular weight is 255 g/mol. The molecule has 2 aliphatic rings. The minimum atomic E-state index is 0.287. The van der Waals surface area contributed by atoms with Crippen LogP contribution in [0.25, 0.3) is 5.57 Å². The molecule has 0 aliphatic carbocycles. The highest BCUT2D eigenvalue weighted by Crippen LogP contribution is 2.45. The first-order chi connectivity index (χ1) is 8.98. The van der Waals surface area contributed by atoms with E-state index in [1.54, 1.807) is 11.1 Å². The molecule has 1 aromatic rings. The quantitative estimate of drug-likeness (QED) is 0.714. The number of benzene rings is 1. The standard InChI is InChI=1S/C18H25N/c1-13-16(14-8-6-5-7-9-14)12-15-10-11-17(13)19(15)18(2,3)4/h5-9,15,17H,10-12H2,1-4H3/t15?,17-/m1/s1. The van der Waals surface area contributed by atoms with E-state index in [0.717, 1.165) is 6.04 Å². The van der Waals surface area contributed by atoms with Gasteiger partial charge in [-0.3, -0.25) is 4.90 Å². The lowest BCUT2D eigenvalue weighted by Gasteiger charge is -2.45. The fourth-order valence-corrected chi connectivity index (χ4v) is 4.11. The lowest BCUT2D eigenvalue weighted by Crippen LogP contribution is -2.51. The van der Waals surface area contributed by atoms with Crippen molar-refractivity contribution in [1.29, 1.82) is 0 Å². The Kier molecular flexibility index (Phi) is 3.05. The van der Waals surface area contributed by atoms with Crippen molar-refractivity contribution in [2.45, 2.75) is 64.6 Å². The van der Waals surface area contributed by atoms with E-state index in [9.17, 15) is 0 Å². The summed E-state index contributed by atoms with van der Waals surface area (Å²) in [5.41, 5.74) is 4.93. The number of nitrogens with zero attached hydrogens (tertiary/aromatic N) is 1. The number of rotatable bonds is 1. The molecule has 2 heterocycles. The van der Waals surface area contributed by atoms with Gasteiger partial charge in [-0.1, -0.05) is 35.9 Å². The van der Waals surface area contributed by atoms with Crippen LogP contribution >= 0.6 is 0 Å². The van der Waals surface area contributed by atoms with E-state index in [0.29, 0.717) is 6.04 Å². The SMILES string of the molecule is CC1=C(c2ccccc2)CC2CC[C@H]1N2C(C)(C)C. The molecule has 2 atom stereocenters. The Morgan fingerprint density at radius 2 is 1.74 bits per heavy atom. The van der Waals surface area contributed by atoms with Crippen molar-refractivity contribution in [1.82, 2.24) is 4.90 Å². The van der Waals surface area contributed by atoms with Gasteiger partial charge in [0.2, 0.25) is 0 Å². The molecule has 102 valence electrons. The molecular formula is C18H25N. The minimum Gasteiger partial charge on any atom is -0.289 e. The summed E-state index contributed by atoms with van der Waals surface area (Å²) in [4.78, 5) is 2.76. The van der Waals surface area contributed by atoms with E-state index in [4.69, 9.17) is 0 Å². The predicted octanol–water partition coefficient (Wildman–Crippen LogP) is 4.50. The van der Waals surface area contributed by atoms with Gasteiger partial charge < -0.3 is 0 Å². The first-order valence-electron chi connectivity index (χ1n) is 7.52. The van der Waals surface area contributed by atoms with Crippen LogP contribution in [0.5, 0.6) is 0 Å². The molecule has 3 rings (SSSR count). The third kappa shape index (κ3) is 2.14. The second kappa shape index (κ2) is 4.49. The van der Waals surface area contributed by atoms with E-state index >= 15 is 0 Å². The Morgan fingerprint density at radius 1 is 1.05 bits per heavy atom. The zero-order valence-corrected chi connectivity index (χ0v) is 12.6. The van der Waals surface area contributed by atoms with Crippen molar-refractivity contribution in [3.63, 3.8) is 0 Å². The molecule has 2 aliphatic heterocycles. The van der Waals surface area contributed by atoms with Gasteiger partial charge in [0.15, 0.2) is 0 Å². The van der Waals surface area contributed by atoms with Crippen molar-refractivity contribution >= 4 is 5.57 Å². The van der Waals surface area contributed by atoms with Gasteiger partial charge in [-0.15, -0.1) is 0 Å². The van der Waals surface area contributed by atoms with E-state index in [1.165, 1.54) is 24.8 Å². The summed E-state index contributed by atoms with van der Waals surface area (Å²) in [6, 6.07) is 12.4. The third-order valence-electron chi connectivity index (χ3n) is 4.81. The summed E-state index contributed by atoms with van der Waals surface area (Å²) in [6.07, 6.45) is 3.92. The summed E-state index contributed by atoms with van der Waals surface area (Å²) in [5.74, 6) is 0. The second-order valence-electron chi connectivity index (χ2n) is 7.06. The molecule has 0 spiro atoms. The van der Waals surface area contributed by atoms with Gasteiger partial charge in [-0.25, -0.2) is 0 Å². The summed E-state index contributed by atoms with van der Waals surface area (Å²) in [6.45, 7) is 9.44. The van der Waals surface area contributed by atoms with Crippen LogP contribution in [0.3, 0.4) is 0 Å². The molecule has 1 saturated heterocycles. The predicted molar refractivity (Wildman–Crippen MR) is 82.1 cm³/mol. The van der Waals surface area contributed by atoms with Gasteiger partial charge in [-0.05, 0) is 58.1 Å². The number of hydrogen-bond donors (Lipinski definition) is 0. The van der Waals surface area contributed by atoms with Crippen LogP contribution in [0.1, 0.15) is 52.5 Å². The molecule has 19 heavy (non-hydrogen) atoms. The molecule has 1 fully saturated rings. The Labute approximate surface area is 117 Å². The topological polar surface area (TPSA) is 3.24 Å². The van der Waals surface area contributed by atoms with Crippen molar-refractivity contribution in [2.24, 2.45) is 0 Å². The molecular weight excluding hydrogens is 230 g/mol. The maximum absolute atomic E-state index is 2.76. The van der Waals surface area contributed by atoms with Crippen LogP contribution in [-0.4, -0.2) is 22.5 Å². The van der Waals surface area contributed by atoms with Crippen LogP contribution in [0.15, 0.2) is 35.9 Å². The zero-order valence-electron chi connectivity index (χ0n) is 12.6. The molecule has 0 amide bonds. The van der Waals surface area contributed by atoms with Crippen molar-refractivity contribution in [2.75, 3.05) is 0 Å². The first-order valence-corrected chi connectivity index (χ1v) is 7.52. The van der Waals surface area contributed by atoms with Crippen molar-refractivity contribution in [3.8, 4) is 0 Å².